The van der Waals surface area contributed by atoms with E-state index in [9.17, 15) is 4.79 Å². The summed E-state index contributed by atoms with van der Waals surface area (Å²) in [7, 11) is 0. The van der Waals surface area contributed by atoms with Crippen LogP contribution in [-0.4, -0.2) is 25.0 Å². The summed E-state index contributed by atoms with van der Waals surface area (Å²) in [6.07, 6.45) is 2.72. The molecule has 12 heavy (non-hydrogen) atoms. The van der Waals surface area contributed by atoms with Crippen LogP contribution in [0.5, 0.6) is 0 Å². The molecular formula is C9H18N2O. The van der Waals surface area contributed by atoms with Gasteiger partial charge in [-0.1, -0.05) is 6.08 Å². The van der Waals surface area contributed by atoms with Crippen molar-refractivity contribution in [2.75, 3.05) is 13.1 Å². The van der Waals surface area contributed by atoms with Gasteiger partial charge in [0.05, 0.1) is 6.04 Å². The maximum absolute atomic E-state index is 11.1. The summed E-state index contributed by atoms with van der Waals surface area (Å²) in [6, 6.07) is -0.107. The summed E-state index contributed by atoms with van der Waals surface area (Å²) in [6.45, 7) is 8.86. The Labute approximate surface area is 74.2 Å². The Morgan fingerprint density at radius 3 is 2.83 bits per heavy atom. The third kappa shape index (κ3) is 4.91. The second-order valence-corrected chi connectivity index (χ2v) is 2.65. The molecule has 0 aromatic rings. The van der Waals surface area contributed by atoms with Crippen molar-refractivity contribution in [3.8, 4) is 0 Å². The van der Waals surface area contributed by atoms with Crippen LogP contribution in [0.15, 0.2) is 12.7 Å². The molecule has 0 rings (SSSR count). The summed E-state index contributed by atoms with van der Waals surface area (Å²) in [5.74, 6) is 0.0570. The molecule has 3 heteroatoms. The Hall–Kier alpha value is -0.830. The smallest absolute Gasteiger partial charge is 0.236 e. The van der Waals surface area contributed by atoms with E-state index >= 15 is 0 Å². The minimum absolute atomic E-state index is 0.0570. The van der Waals surface area contributed by atoms with E-state index in [0.29, 0.717) is 6.54 Å². The van der Waals surface area contributed by atoms with Crippen molar-refractivity contribution >= 4 is 5.91 Å². The molecule has 1 atom stereocenters. The second-order valence-electron chi connectivity index (χ2n) is 2.65. The highest BCUT2D eigenvalue weighted by atomic mass is 16.2. The summed E-state index contributed by atoms with van der Waals surface area (Å²) in [5.41, 5.74) is 0. The fourth-order valence-corrected chi connectivity index (χ4v) is 0.822. The number of amides is 1. The lowest BCUT2D eigenvalue weighted by Gasteiger charge is -2.11. The Kier molecular flexibility index (Phi) is 6.38. The zero-order valence-electron chi connectivity index (χ0n) is 7.89. The van der Waals surface area contributed by atoms with Crippen molar-refractivity contribution in [3.63, 3.8) is 0 Å². The molecule has 0 aromatic heterocycles. The lowest BCUT2D eigenvalue weighted by atomic mass is 10.3. The van der Waals surface area contributed by atoms with E-state index in [1.54, 1.807) is 0 Å². The highest BCUT2D eigenvalue weighted by Crippen LogP contribution is 1.83. The summed E-state index contributed by atoms with van der Waals surface area (Å²) in [5, 5.41) is 5.83. The average molecular weight is 170 g/mol. The van der Waals surface area contributed by atoms with Gasteiger partial charge in [0.25, 0.3) is 0 Å². The molecule has 1 unspecified atom stereocenters. The quantitative estimate of drug-likeness (QED) is 0.454. The maximum atomic E-state index is 11.1. The Morgan fingerprint density at radius 1 is 1.67 bits per heavy atom. The van der Waals surface area contributed by atoms with E-state index < -0.39 is 0 Å². The predicted molar refractivity (Wildman–Crippen MR) is 51.0 cm³/mol. The third-order valence-corrected chi connectivity index (χ3v) is 1.54. The summed E-state index contributed by atoms with van der Waals surface area (Å²) >= 11 is 0. The SMILES string of the molecule is C=CCCNC(C)C(=O)NCC. The lowest BCUT2D eigenvalue weighted by molar-refractivity contribution is -0.122. The fourth-order valence-electron chi connectivity index (χ4n) is 0.822. The first-order chi connectivity index (χ1) is 5.72. The Balaban J connectivity index is 3.49. The molecule has 0 aliphatic rings. The van der Waals surface area contributed by atoms with Crippen LogP contribution in [0.2, 0.25) is 0 Å². The van der Waals surface area contributed by atoms with Crippen LogP contribution < -0.4 is 10.6 Å². The van der Waals surface area contributed by atoms with Crippen molar-refractivity contribution in [3.05, 3.63) is 12.7 Å². The van der Waals surface area contributed by atoms with Crippen LogP contribution in [-0.2, 0) is 4.79 Å². The number of hydrogen-bond donors (Lipinski definition) is 2. The first kappa shape index (κ1) is 11.2. The van der Waals surface area contributed by atoms with Crippen molar-refractivity contribution in [2.24, 2.45) is 0 Å². The molecule has 3 nitrogen and oxygen atoms in total. The number of carbonyl (C=O) groups is 1. The van der Waals surface area contributed by atoms with Crippen LogP contribution >= 0.6 is 0 Å². The number of nitrogens with one attached hydrogen (secondary N) is 2. The number of likely N-dealkylation sites (N-methyl/N-ethyl adjacent to an activating group) is 1. The molecule has 0 aliphatic carbocycles. The van der Waals surface area contributed by atoms with Gasteiger partial charge in [-0.3, -0.25) is 4.79 Å². The monoisotopic (exact) mass is 170 g/mol. The summed E-state index contributed by atoms with van der Waals surface area (Å²) in [4.78, 5) is 11.1. The van der Waals surface area contributed by atoms with Crippen molar-refractivity contribution < 1.29 is 4.79 Å². The van der Waals surface area contributed by atoms with Crippen molar-refractivity contribution in [1.29, 1.82) is 0 Å². The average Bonchev–Trinajstić information content (AvgIpc) is 2.05. The minimum atomic E-state index is -0.107. The van der Waals surface area contributed by atoms with Gasteiger partial charge in [-0.15, -0.1) is 6.58 Å². The van der Waals surface area contributed by atoms with Gasteiger partial charge < -0.3 is 10.6 Å². The molecular weight excluding hydrogens is 152 g/mol. The first-order valence-corrected chi connectivity index (χ1v) is 4.34. The van der Waals surface area contributed by atoms with E-state index in [1.807, 2.05) is 19.9 Å². The molecule has 0 radical (unpaired) electrons. The topological polar surface area (TPSA) is 41.1 Å². The number of carbonyl (C=O) groups excluding carboxylic acids is 1. The Bertz CT molecular complexity index is 145. The number of hydrogen-bond acceptors (Lipinski definition) is 2. The highest BCUT2D eigenvalue weighted by Gasteiger charge is 2.08. The van der Waals surface area contributed by atoms with Gasteiger partial charge in [-0.05, 0) is 26.8 Å². The zero-order valence-corrected chi connectivity index (χ0v) is 7.89. The largest absolute Gasteiger partial charge is 0.355 e. The van der Waals surface area contributed by atoms with Gasteiger partial charge >= 0.3 is 0 Å². The first-order valence-electron chi connectivity index (χ1n) is 4.34. The summed E-state index contributed by atoms with van der Waals surface area (Å²) < 4.78 is 0. The van der Waals surface area contributed by atoms with Crippen LogP contribution in [0.1, 0.15) is 20.3 Å². The van der Waals surface area contributed by atoms with Crippen LogP contribution in [0.25, 0.3) is 0 Å². The molecule has 70 valence electrons. The van der Waals surface area contributed by atoms with Gasteiger partial charge in [-0.25, -0.2) is 0 Å². The van der Waals surface area contributed by atoms with Crippen LogP contribution in [0.3, 0.4) is 0 Å². The molecule has 0 saturated carbocycles. The number of rotatable bonds is 6. The molecule has 0 bridgehead atoms. The van der Waals surface area contributed by atoms with Crippen molar-refractivity contribution in [2.45, 2.75) is 26.3 Å². The molecule has 0 saturated heterocycles. The van der Waals surface area contributed by atoms with Crippen LogP contribution in [0, 0.1) is 0 Å². The maximum Gasteiger partial charge on any atom is 0.236 e. The Morgan fingerprint density at radius 2 is 2.33 bits per heavy atom. The van der Waals surface area contributed by atoms with Crippen molar-refractivity contribution in [1.82, 2.24) is 10.6 Å². The third-order valence-electron chi connectivity index (χ3n) is 1.54. The van der Waals surface area contributed by atoms with Gasteiger partial charge in [0.15, 0.2) is 0 Å². The van der Waals surface area contributed by atoms with Gasteiger partial charge in [-0.2, -0.15) is 0 Å². The molecule has 0 spiro atoms. The fraction of sp³-hybridized carbons (Fsp3) is 0.667. The van der Waals surface area contributed by atoms with Crippen LogP contribution in [0.4, 0.5) is 0 Å². The lowest BCUT2D eigenvalue weighted by Crippen LogP contribution is -2.42. The molecule has 1 amide bonds. The van der Waals surface area contributed by atoms with E-state index in [2.05, 4.69) is 17.2 Å². The second kappa shape index (κ2) is 6.85. The van der Waals surface area contributed by atoms with E-state index in [-0.39, 0.29) is 11.9 Å². The predicted octanol–water partition coefficient (Wildman–Crippen LogP) is 0.677. The molecule has 2 N–H and O–H groups in total. The van der Waals surface area contributed by atoms with E-state index in [1.165, 1.54) is 0 Å². The molecule has 0 aromatic carbocycles. The van der Waals surface area contributed by atoms with Gasteiger partial charge in [0.1, 0.15) is 0 Å². The normalized spacial score (nSPS) is 12.2. The molecule has 0 heterocycles. The van der Waals surface area contributed by atoms with E-state index in [0.717, 1.165) is 13.0 Å². The molecule has 0 fully saturated rings. The van der Waals surface area contributed by atoms with E-state index in [4.69, 9.17) is 0 Å². The molecule has 0 aliphatic heterocycles. The van der Waals surface area contributed by atoms with Gasteiger partial charge in [0, 0.05) is 6.54 Å². The van der Waals surface area contributed by atoms with Gasteiger partial charge in [0.2, 0.25) is 5.91 Å². The zero-order chi connectivity index (χ0) is 9.40. The minimum Gasteiger partial charge on any atom is -0.355 e. The highest BCUT2D eigenvalue weighted by molar-refractivity contribution is 5.81. The standard InChI is InChI=1S/C9H18N2O/c1-4-6-7-11-8(3)9(12)10-5-2/h4,8,11H,1,5-7H2,2-3H3,(H,10,12).